The summed E-state index contributed by atoms with van der Waals surface area (Å²) in [5, 5.41) is 0. The van der Waals surface area contributed by atoms with E-state index in [-0.39, 0.29) is 5.97 Å². The number of ether oxygens (including phenoxy) is 2. The Balaban J connectivity index is 1.92. The first-order chi connectivity index (χ1) is 9.70. The maximum Gasteiger partial charge on any atom is 0.347 e. The van der Waals surface area contributed by atoms with Crippen molar-refractivity contribution >= 4 is 17.7 Å². The fourth-order valence-electron chi connectivity index (χ4n) is 2.36. The van der Waals surface area contributed by atoms with E-state index >= 15 is 0 Å². The van der Waals surface area contributed by atoms with E-state index in [2.05, 4.69) is 12.1 Å². The topological polar surface area (TPSA) is 35.5 Å². The van der Waals surface area contributed by atoms with Crippen molar-refractivity contribution in [1.29, 1.82) is 0 Å². The molecule has 0 radical (unpaired) electrons. The Morgan fingerprint density at radius 3 is 2.55 bits per heavy atom. The average Bonchev–Trinajstić information content (AvgIpc) is 2.49. The highest BCUT2D eigenvalue weighted by Gasteiger charge is 2.17. The molecule has 110 valence electrons. The van der Waals surface area contributed by atoms with E-state index in [0.717, 1.165) is 5.75 Å². The van der Waals surface area contributed by atoms with Crippen LogP contribution in [0.4, 0.5) is 0 Å². The van der Waals surface area contributed by atoms with Gasteiger partial charge in [-0.15, -0.1) is 0 Å². The molecule has 1 saturated heterocycles. The third-order valence-corrected chi connectivity index (χ3v) is 4.55. The third kappa shape index (κ3) is 4.17. The predicted octanol–water partition coefficient (Wildman–Crippen LogP) is 3.63. The summed E-state index contributed by atoms with van der Waals surface area (Å²) in [5.41, 5.74) is 1.38. The van der Waals surface area contributed by atoms with Gasteiger partial charge in [0.25, 0.3) is 0 Å². The number of hydrogen-bond donors (Lipinski definition) is 0. The van der Waals surface area contributed by atoms with Gasteiger partial charge in [0.05, 0.1) is 6.61 Å². The van der Waals surface area contributed by atoms with Gasteiger partial charge >= 0.3 is 5.97 Å². The Labute approximate surface area is 125 Å². The summed E-state index contributed by atoms with van der Waals surface area (Å²) in [7, 11) is 0. The van der Waals surface area contributed by atoms with Gasteiger partial charge < -0.3 is 9.47 Å². The monoisotopic (exact) mass is 294 g/mol. The lowest BCUT2D eigenvalue weighted by Crippen LogP contribution is -2.26. The van der Waals surface area contributed by atoms with Crippen molar-refractivity contribution in [3.05, 3.63) is 29.8 Å². The van der Waals surface area contributed by atoms with E-state index in [0.29, 0.717) is 12.5 Å². The SMILES string of the molecule is CCOC(=O)C(C)Oc1ccc(C2CCSCC2)cc1. The number of thioether (sulfide) groups is 1. The maximum absolute atomic E-state index is 11.5. The van der Waals surface area contributed by atoms with Crippen LogP contribution in [0.15, 0.2) is 24.3 Å². The first-order valence-corrected chi connectivity index (χ1v) is 8.37. The lowest BCUT2D eigenvalue weighted by molar-refractivity contribution is -0.150. The van der Waals surface area contributed by atoms with Crippen molar-refractivity contribution < 1.29 is 14.3 Å². The van der Waals surface area contributed by atoms with Crippen LogP contribution in [0.25, 0.3) is 0 Å². The van der Waals surface area contributed by atoms with Gasteiger partial charge in [-0.2, -0.15) is 11.8 Å². The molecule has 3 nitrogen and oxygen atoms in total. The molecule has 0 N–H and O–H groups in total. The summed E-state index contributed by atoms with van der Waals surface area (Å²) < 4.78 is 10.5. The Hall–Kier alpha value is -1.16. The Morgan fingerprint density at radius 2 is 1.95 bits per heavy atom. The van der Waals surface area contributed by atoms with Crippen LogP contribution in [0.2, 0.25) is 0 Å². The van der Waals surface area contributed by atoms with Crippen LogP contribution in [0.3, 0.4) is 0 Å². The minimum absolute atomic E-state index is 0.319. The molecule has 1 aliphatic rings. The van der Waals surface area contributed by atoms with Crippen molar-refractivity contribution in [2.75, 3.05) is 18.1 Å². The molecule has 1 aromatic carbocycles. The van der Waals surface area contributed by atoms with Crippen molar-refractivity contribution in [1.82, 2.24) is 0 Å². The quantitative estimate of drug-likeness (QED) is 0.777. The predicted molar refractivity (Wildman–Crippen MR) is 82.5 cm³/mol. The molecular formula is C16H22O3S. The molecule has 1 unspecified atom stereocenters. The fraction of sp³-hybridized carbons (Fsp3) is 0.562. The van der Waals surface area contributed by atoms with E-state index in [1.807, 2.05) is 23.9 Å². The molecule has 0 aliphatic carbocycles. The normalized spacial score (nSPS) is 17.5. The van der Waals surface area contributed by atoms with Crippen LogP contribution in [0, 0.1) is 0 Å². The second kappa shape index (κ2) is 7.58. The van der Waals surface area contributed by atoms with Gasteiger partial charge in [0.2, 0.25) is 0 Å². The van der Waals surface area contributed by atoms with Gasteiger partial charge in [-0.1, -0.05) is 12.1 Å². The highest BCUT2D eigenvalue weighted by molar-refractivity contribution is 7.99. The highest BCUT2D eigenvalue weighted by Crippen LogP contribution is 2.32. The number of esters is 1. The molecule has 2 rings (SSSR count). The Kier molecular flexibility index (Phi) is 5.77. The van der Waals surface area contributed by atoms with Gasteiger partial charge in [0, 0.05) is 0 Å². The zero-order valence-corrected chi connectivity index (χ0v) is 12.9. The van der Waals surface area contributed by atoms with E-state index in [1.165, 1.54) is 29.9 Å². The van der Waals surface area contributed by atoms with Gasteiger partial charge in [-0.25, -0.2) is 4.79 Å². The number of rotatable bonds is 5. The number of carbonyl (C=O) groups excluding carboxylic acids is 1. The number of benzene rings is 1. The van der Waals surface area contributed by atoms with Crippen molar-refractivity contribution in [2.45, 2.75) is 38.7 Å². The molecule has 1 atom stereocenters. The summed E-state index contributed by atoms with van der Waals surface area (Å²) in [6.45, 7) is 3.89. The van der Waals surface area contributed by atoms with Crippen molar-refractivity contribution in [3.63, 3.8) is 0 Å². The summed E-state index contributed by atoms with van der Waals surface area (Å²) in [5.74, 6) is 3.58. The second-order valence-electron chi connectivity index (χ2n) is 4.97. The standard InChI is InChI=1S/C16H22O3S/c1-3-18-16(17)12(2)19-15-6-4-13(5-7-15)14-8-10-20-11-9-14/h4-7,12,14H,3,8-11H2,1-2H3. The number of hydrogen-bond acceptors (Lipinski definition) is 4. The van der Waals surface area contributed by atoms with E-state index in [4.69, 9.17) is 9.47 Å². The van der Waals surface area contributed by atoms with Gasteiger partial charge in [-0.05, 0) is 61.8 Å². The first kappa shape index (κ1) is 15.2. The average molecular weight is 294 g/mol. The molecule has 1 fully saturated rings. The summed E-state index contributed by atoms with van der Waals surface area (Å²) >= 11 is 2.04. The molecule has 0 spiro atoms. The van der Waals surface area contributed by atoms with Crippen LogP contribution >= 0.6 is 11.8 Å². The summed E-state index contributed by atoms with van der Waals surface area (Å²) in [6, 6.07) is 8.14. The van der Waals surface area contributed by atoms with Gasteiger partial charge in [-0.3, -0.25) is 0 Å². The summed E-state index contributed by atoms with van der Waals surface area (Å²) in [6.07, 6.45) is 1.95. The minimum atomic E-state index is -0.563. The number of carbonyl (C=O) groups is 1. The third-order valence-electron chi connectivity index (χ3n) is 3.50. The first-order valence-electron chi connectivity index (χ1n) is 7.21. The van der Waals surface area contributed by atoms with E-state index in [9.17, 15) is 4.79 Å². The van der Waals surface area contributed by atoms with Crippen LogP contribution in [0.1, 0.15) is 38.2 Å². The molecule has 0 aromatic heterocycles. The van der Waals surface area contributed by atoms with Crippen molar-refractivity contribution in [2.24, 2.45) is 0 Å². The van der Waals surface area contributed by atoms with Crippen molar-refractivity contribution in [3.8, 4) is 5.75 Å². The minimum Gasteiger partial charge on any atom is -0.479 e. The second-order valence-corrected chi connectivity index (χ2v) is 6.19. The molecule has 20 heavy (non-hydrogen) atoms. The lowest BCUT2D eigenvalue weighted by Gasteiger charge is -2.22. The zero-order chi connectivity index (χ0) is 14.4. The van der Waals surface area contributed by atoms with E-state index in [1.54, 1.807) is 13.8 Å². The van der Waals surface area contributed by atoms with Gasteiger partial charge in [0.1, 0.15) is 5.75 Å². The lowest BCUT2D eigenvalue weighted by atomic mass is 9.93. The molecule has 1 heterocycles. The summed E-state index contributed by atoms with van der Waals surface area (Å²) in [4.78, 5) is 11.5. The van der Waals surface area contributed by atoms with Crippen LogP contribution in [0.5, 0.6) is 5.75 Å². The molecule has 0 bridgehead atoms. The van der Waals surface area contributed by atoms with Crippen LogP contribution < -0.4 is 4.74 Å². The van der Waals surface area contributed by atoms with Gasteiger partial charge in [0.15, 0.2) is 6.10 Å². The molecule has 4 heteroatoms. The molecule has 1 aromatic rings. The molecule has 1 aliphatic heterocycles. The largest absolute Gasteiger partial charge is 0.479 e. The highest BCUT2D eigenvalue weighted by atomic mass is 32.2. The van der Waals surface area contributed by atoms with Crippen LogP contribution in [-0.4, -0.2) is 30.2 Å². The van der Waals surface area contributed by atoms with Crippen LogP contribution in [-0.2, 0) is 9.53 Å². The van der Waals surface area contributed by atoms with E-state index < -0.39 is 6.10 Å². The molecular weight excluding hydrogens is 272 g/mol. The Bertz CT molecular complexity index is 424. The fourth-order valence-corrected chi connectivity index (χ4v) is 3.47. The zero-order valence-electron chi connectivity index (χ0n) is 12.1. The Morgan fingerprint density at radius 1 is 1.30 bits per heavy atom. The molecule has 0 amide bonds. The smallest absolute Gasteiger partial charge is 0.347 e. The molecule has 0 saturated carbocycles. The maximum atomic E-state index is 11.5.